The van der Waals surface area contributed by atoms with Crippen LogP contribution in [0.4, 0.5) is 0 Å². The fourth-order valence-electron chi connectivity index (χ4n) is 1.91. The van der Waals surface area contributed by atoms with Crippen LogP contribution in [0.3, 0.4) is 0 Å². The molecule has 4 heteroatoms. The van der Waals surface area contributed by atoms with Gasteiger partial charge in [-0.1, -0.05) is 18.2 Å². The normalized spacial score (nSPS) is 10.6. The molecule has 0 fully saturated rings. The number of aryl methyl sites for hydroxylation is 1. The molecule has 18 heavy (non-hydrogen) atoms. The van der Waals surface area contributed by atoms with E-state index in [-0.39, 0.29) is 12.5 Å². The van der Waals surface area contributed by atoms with Gasteiger partial charge in [0, 0.05) is 17.6 Å². The molecule has 0 aliphatic carbocycles. The van der Waals surface area contributed by atoms with E-state index in [9.17, 15) is 4.79 Å². The molecule has 0 saturated carbocycles. The van der Waals surface area contributed by atoms with Crippen LogP contribution in [-0.2, 0) is 16.1 Å². The molecule has 4 nitrogen and oxygen atoms in total. The van der Waals surface area contributed by atoms with Crippen molar-refractivity contribution < 1.29 is 9.53 Å². The van der Waals surface area contributed by atoms with Gasteiger partial charge in [0.1, 0.15) is 0 Å². The van der Waals surface area contributed by atoms with Crippen LogP contribution in [0.2, 0.25) is 0 Å². The lowest BCUT2D eigenvalue weighted by molar-refractivity contribution is -0.139. The number of carbonyl (C=O) groups excluding carboxylic acids is 1. The van der Waals surface area contributed by atoms with Gasteiger partial charge in [-0.2, -0.15) is 0 Å². The number of benzene rings is 1. The predicted octanol–water partition coefficient (Wildman–Crippen LogP) is 1.81. The maximum absolute atomic E-state index is 11.0. The fraction of sp³-hybridized carbons (Fsp3) is 0.286. The molecule has 94 valence electrons. The molecule has 0 unspecified atom stereocenters. The summed E-state index contributed by atoms with van der Waals surface area (Å²) in [5.41, 5.74) is 3.10. The van der Waals surface area contributed by atoms with Crippen LogP contribution in [0, 0.1) is 6.92 Å². The third kappa shape index (κ3) is 2.84. The Hall–Kier alpha value is -1.94. The van der Waals surface area contributed by atoms with Gasteiger partial charge in [-0.15, -0.1) is 0 Å². The first-order valence-corrected chi connectivity index (χ1v) is 5.83. The van der Waals surface area contributed by atoms with Crippen LogP contribution in [0.1, 0.15) is 11.3 Å². The summed E-state index contributed by atoms with van der Waals surface area (Å²) >= 11 is 0. The number of carbonyl (C=O) groups is 1. The van der Waals surface area contributed by atoms with E-state index in [0.29, 0.717) is 6.54 Å². The van der Waals surface area contributed by atoms with E-state index in [2.05, 4.69) is 15.0 Å². The largest absolute Gasteiger partial charge is 0.468 e. The Morgan fingerprint density at radius 1 is 1.39 bits per heavy atom. The number of nitrogens with one attached hydrogen (secondary N) is 1. The first-order valence-electron chi connectivity index (χ1n) is 5.83. The number of fused-ring (bicyclic) bond motifs is 1. The molecule has 0 amide bonds. The monoisotopic (exact) mass is 244 g/mol. The van der Waals surface area contributed by atoms with E-state index in [1.165, 1.54) is 7.11 Å². The third-order valence-corrected chi connectivity index (χ3v) is 2.74. The number of methoxy groups -OCH3 is 1. The van der Waals surface area contributed by atoms with Crippen LogP contribution in [0.5, 0.6) is 0 Å². The number of hydrogen-bond acceptors (Lipinski definition) is 4. The standard InChI is InChI=1S/C14H16N2O2/c1-10-7-11(8-15-9-14(17)18-2)12-5-3-4-6-13(12)16-10/h3-7,15H,8-9H2,1-2H3. The number of aromatic nitrogens is 1. The highest BCUT2D eigenvalue weighted by Gasteiger charge is 2.04. The number of pyridine rings is 1. The number of hydrogen-bond donors (Lipinski definition) is 1. The predicted molar refractivity (Wildman–Crippen MR) is 70.2 cm³/mol. The molecular weight excluding hydrogens is 228 g/mol. The summed E-state index contributed by atoms with van der Waals surface area (Å²) in [6, 6.07) is 10.0. The highest BCUT2D eigenvalue weighted by molar-refractivity contribution is 5.82. The molecule has 0 aliphatic rings. The van der Waals surface area contributed by atoms with Crippen LogP contribution < -0.4 is 5.32 Å². The molecule has 2 aromatic rings. The first kappa shape index (κ1) is 12.5. The lowest BCUT2D eigenvalue weighted by atomic mass is 10.1. The Labute approximate surface area is 106 Å². The summed E-state index contributed by atoms with van der Waals surface area (Å²) in [6.45, 7) is 2.81. The second-order valence-corrected chi connectivity index (χ2v) is 4.12. The average Bonchev–Trinajstić information content (AvgIpc) is 2.38. The SMILES string of the molecule is COC(=O)CNCc1cc(C)nc2ccccc12. The van der Waals surface area contributed by atoms with Gasteiger partial charge in [-0.3, -0.25) is 9.78 Å². The van der Waals surface area contributed by atoms with E-state index in [4.69, 9.17) is 0 Å². The van der Waals surface area contributed by atoms with Gasteiger partial charge >= 0.3 is 5.97 Å². The molecule has 0 bridgehead atoms. The van der Waals surface area contributed by atoms with Crippen molar-refractivity contribution in [2.45, 2.75) is 13.5 Å². The molecule has 1 aromatic heterocycles. The molecule has 0 spiro atoms. The van der Waals surface area contributed by atoms with Crippen LogP contribution in [-0.4, -0.2) is 24.6 Å². The smallest absolute Gasteiger partial charge is 0.319 e. The van der Waals surface area contributed by atoms with Gasteiger partial charge in [0.25, 0.3) is 0 Å². The van der Waals surface area contributed by atoms with E-state index < -0.39 is 0 Å². The maximum Gasteiger partial charge on any atom is 0.319 e. The van der Waals surface area contributed by atoms with E-state index in [0.717, 1.165) is 22.2 Å². The minimum Gasteiger partial charge on any atom is -0.468 e. The Morgan fingerprint density at radius 3 is 2.94 bits per heavy atom. The summed E-state index contributed by atoms with van der Waals surface area (Å²) in [7, 11) is 1.38. The van der Waals surface area contributed by atoms with Crippen molar-refractivity contribution in [2.24, 2.45) is 0 Å². The zero-order valence-corrected chi connectivity index (χ0v) is 10.6. The Morgan fingerprint density at radius 2 is 2.17 bits per heavy atom. The minimum atomic E-state index is -0.259. The number of rotatable bonds is 4. The van der Waals surface area contributed by atoms with E-state index >= 15 is 0 Å². The van der Waals surface area contributed by atoms with Gasteiger partial charge in [-0.05, 0) is 24.6 Å². The molecule has 1 aromatic carbocycles. The summed E-state index contributed by atoms with van der Waals surface area (Å²) in [6.07, 6.45) is 0. The second kappa shape index (κ2) is 5.60. The van der Waals surface area contributed by atoms with Gasteiger partial charge in [-0.25, -0.2) is 0 Å². The molecule has 0 aliphatic heterocycles. The second-order valence-electron chi connectivity index (χ2n) is 4.12. The Bertz CT molecular complexity index is 567. The number of ether oxygens (including phenoxy) is 1. The third-order valence-electron chi connectivity index (χ3n) is 2.74. The van der Waals surface area contributed by atoms with E-state index in [1.807, 2.05) is 37.3 Å². The molecular formula is C14H16N2O2. The molecule has 0 radical (unpaired) electrons. The van der Waals surface area contributed by atoms with Crippen LogP contribution in [0.25, 0.3) is 10.9 Å². The summed E-state index contributed by atoms with van der Waals surface area (Å²) in [5, 5.41) is 4.18. The molecule has 0 saturated heterocycles. The summed E-state index contributed by atoms with van der Waals surface area (Å²) < 4.78 is 4.59. The van der Waals surface area contributed by atoms with Gasteiger partial charge in [0.15, 0.2) is 0 Å². The van der Waals surface area contributed by atoms with E-state index in [1.54, 1.807) is 0 Å². The topological polar surface area (TPSA) is 51.2 Å². The number of para-hydroxylation sites is 1. The fourth-order valence-corrected chi connectivity index (χ4v) is 1.91. The van der Waals surface area contributed by atoms with Crippen molar-refractivity contribution in [1.82, 2.24) is 10.3 Å². The van der Waals surface area contributed by atoms with Crippen molar-refractivity contribution in [3.05, 3.63) is 41.6 Å². The van der Waals surface area contributed by atoms with Crippen molar-refractivity contribution in [2.75, 3.05) is 13.7 Å². The lowest BCUT2D eigenvalue weighted by Gasteiger charge is -2.08. The van der Waals surface area contributed by atoms with Crippen LogP contribution >= 0.6 is 0 Å². The molecule has 1 heterocycles. The van der Waals surface area contributed by atoms with Crippen LogP contribution in [0.15, 0.2) is 30.3 Å². The highest BCUT2D eigenvalue weighted by Crippen LogP contribution is 2.17. The average molecular weight is 244 g/mol. The van der Waals surface area contributed by atoms with Crippen molar-refractivity contribution >= 4 is 16.9 Å². The van der Waals surface area contributed by atoms with Gasteiger partial charge < -0.3 is 10.1 Å². The van der Waals surface area contributed by atoms with Crippen molar-refractivity contribution in [3.63, 3.8) is 0 Å². The Kier molecular flexibility index (Phi) is 3.89. The van der Waals surface area contributed by atoms with Gasteiger partial charge in [0.05, 0.1) is 19.2 Å². The Balaban J connectivity index is 2.19. The summed E-state index contributed by atoms with van der Waals surface area (Å²) in [5.74, 6) is -0.259. The van der Waals surface area contributed by atoms with Crippen molar-refractivity contribution in [3.8, 4) is 0 Å². The summed E-state index contributed by atoms with van der Waals surface area (Å²) in [4.78, 5) is 15.5. The number of nitrogens with zero attached hydrogens (tertiary/aromatic N) is 1. The maximum atomic E-state index is 11.0. The lowest BCUT2D eigenvalue weighted by Crippen LogP contribution is -2.23. The minimum absolute atomic E-state index is 0.214. The highest BCUT2D eigenvalue weighted by atomic mass is 16.5. The number of esters is 1. The zero-order chi connectivity index (χ0) is 13.0. The quantitative estimate of drug-likeness (QED) is 0.833. The molecule has 2 rings (SSSR count). The van der Waals surface area contributed by atoms with Gasteiger partial charge in [0.2, 0.25) is 0 Å². The molecule has 0 atom stereocenters. The van der Waals surface area contributed by atoms with Crippen molar-refractivity contribution in [1.29, 1.82) is 0 Å². The molecule has 1 N–H and O–H groups in total. The zero-order valence-electron chi connectivity index (χ0n) is 10.6. The first-order chi connectivity index (χ1) is 8.70.